The Morgan fingerprint density at radius 2 is 1.74 bits per heavy atom. The van der Waals surface area contributed by atoms with Crippen LogP contribution in [-0.4, -0.2) is 16.3 Å². The van der Waals surface area contributed by atoms with Gasteiger partial charge >= 0.3 is 0 Å². The number of aliphatic hydroxyl groups is 2. The second kappa shape index (κ2) is 6.28. The van der Waals surface area contributed by atoms with Gasteiger partial charge in [0, 0.05) is 6.42 Å². The van der Waals surface area contributed by atoms with E-state index < -0.39 is 12.2 Å². The van der Waals surface area contributed by atoms with Gasteiger partial charge in [-0.2, -0.15) is 0 Å². The van der Waals surface area contributed by atoms with Crippen LogP contribution in [0.3, 0.4) is 0 Å². The summed E-state index contributed by atoms with van der Waals surface area (Å²) in [5.74, 6) is -0.346. The van der Waals surface area contributed by atoms with Crippen LogP contribution in [0.25, 0.3) is 0 Å². The van der Waals surface area contributed by atoms with Crippen molar-refractivity contribution in [3.05, 3.63) is 69.9 Å². The molecule has 2 atom stereocenters. The summed E-state index contributed by atoms with van der Waals surface area (Å²) in [6, 6.07) is 13.5. The Kier molecular flexibility index (Phi) is 4.69. The highest BCUT2D eigenvalue weighted by atomic mass is 79.9. The van der Waals surface area contributed by atoms with Crippen LogP contribution in [-0.2, 0) is 6.42 Å². The zero-order chi connectivity index (χ0) is 13.8. The number of rotatable bonds is 4. The lowest BCUT2D eigenvalue weighted by atomic mass is 9.98. The van der Waals surface area contributed by atoms with Crippen molar-refractivity contribution < 1.29 is 14.6 Å². The highest BCUT2D eigenvalue weighted by Crippen LogP contribution is 2.22. The molecule has 0 aromatic heterocycles. The van der Waals surface area contributed by atoms with E-state index in [1.807, 2.05) is 6.07 Å². The lowest BCUT2D eigenvalue weighted by molar-refractivity contribution is 0.0189. The standard InChI is InChI=1S/C15H14BrFO2/c16-12-8-10(6-7-13(12)17)9-14(18)15(19)11-4-2-1-3-5-11/h1-8,14-15,18-19H,9H2. The quantitative estimate of drug-likeness (QED) is 0.906. The smallest absolute Gasteiger partial charge is 0.137 e. The van der Waals surface area contributed by atoms with Crippen molar-refractivity contribution in [2.45, 2.75) is 18.6 Å². The molecule has 100 valence electrons. The van der Waals surface area contributed by atoms with Crippen molar-refractivity contribution in [2.24, 2.45) is 0 Å². The van der Waals surface area contributed by atoms with Gasteiger partial charge < -0.3 is 10.2 Å². The molecule has 2 nitrogen and oxygen atoms in total. The Labute approximate surface area is 119 Å². The van der Waals surface area contributed by atoms with Crippen LogP contribution in [0.1, 0.15) is 17.2 Å². The second-order valence-corrected chi connectivity index (χ2v) is 5.23. The van der Waals surface area contributed by atoms with Gasteiger partial charge in [0.25, 0.3) is 0 Å². The molecule has 2 aromatic rings. The number of hydrogen-bond acceptors (Lipinski definition) is 2. The molecule has 4 heteroatoms. The van der Waals surface area contributed by atoms with E-state index in [1.165, 1.54) is 6.07 Å². The molecule has 0 bridgehead atoms. The van der Waals surface area contributed by atoms with E-state index in [2.05, 4.69) is 15.9 Å². The van der Waals surface area contributed by atoms with Crippen LogP contribution in [0.4, 0.5) is 4.39 Å². The molecule has 0 aliphatic rings. The average molecular weight is 325 g/mol. The Morgan fingerprint density at radius 3 is 2.37 bits per heavy atom. The van der Waals surface area contributed by atoms with E-state index in [0.717, 1.165) is 5.56 Å². The van der Waals surface area contributed by atoms with E-state index >= 15 is 0 Å². The number of benzene rings is 2. The zero-order valence-electron chi connectivity index (χ0n) is 10.1. The van der Waals surface area contributed by atoms with Crippen LogP contribution < -0.4 is 0 Å². The predicted octanol–water partition coefficient (Wildman–Crippen LogP) is 3.23. The van der Waals surface area contributed by atoms with Gasteiger partial charge in [-0.1, -0.05) is 36.4 Å². The van der Waals surface area contributed by atoms with E-state index in [1.54, 1.807) is 36.4 Å². The van der Waals surface area contributed by atoms with E-state index in [9.17, 15) is 14.6 Å². The highest BCUT2D eigenvalue weighted by molar-refractivity contribution is 9.10. The Bertz CT molecular complexity index is 545. The SMILES string of the molecule is OC(Cc1ccc(F)c(Br)c1)C(O)c1ccccc1. The molecule has 2 aromatic carbocycles. The molecular formula is C15H14BrFO2. The monoisotopic (exact) mass is 324 g/mol. The van der Waals surface area contributed by atoms with E-state index in [-0.39, 0.29) is 12.2 Å². The molecule has 0 saturated heterocycles. The maximum absolute atomic E-state index is 13.1. The van der Waals surface area contributed by atoms with Crippen LogP contribution in [0, 0.1) is 5.82 Å². The first-order valence-electron chi connectivity index (χ1n) is 5.93. The minimum Gasteiger partial charge on any atom is -0.390 e. The fourth-order valence-electron chi connectivity index (χ4n) is 1.89. The minimum absolute atomic E-state index is 0.259. The first-order chi connectivity index (χ1) is 9.08. The summed E-state index contributed by atoms with van der Waals surface area (Å²) in [4.78, 5) is 0. The first-order valence-corrected chi connectivity index (χ1v) is 6.72. The molecule has 0 spiro atoms. The predicted molar refractivity (Wildman–Crippen MR) is 75.2 cm³/mol. The van der Waals surface area contributed by atoms with Crippen molar-refractivity contribution in [2.75, 3.05) is 0 Å². The van der Waals surface area contributed by atoms with Crippen molar-refractivity contribution in [1.82, 2.24) is 0 Å². The molecule has 0 amide bonds. The van der Waals surface area contributed by atoms with Gasteiger partial charge in [0.15, 0.2) is 0 Å². The van der Waals surface area contributed by atoms with E-state index in [0.29, 0.717) is 10.0 Å². The summed E-state index contributed by atoms with van der Waals surface area (Å²) in [6.07, 6.45) is -1.63. The summed E-state index contributed by atoms with van der Waals surface area (Å²) in [7, 11) is 0. The van der Waals surface area contributed by atoms with Gasteiger partial charge in [0.05, 0.1) is 10.6 Å². The van der Waals surface area contributed by atoms with Crippen molar-refractivity contribution in [3.8, 4) is 0 Å². The fraction of sp³-hybridized carbons (Fsp3) is 0.200. The Morgan fingerprint density at radius 1 is 1.05 bits per heavy atom. The largest absolute Gasteiger partial charge is 0.390 e. The van der Waals surface area contributed by atoms with Gasteiger partial charge in [-0.15, -0.1) is 0 Å². The van der Waals surface area contributed by atoms with Crippen LogP contribution in [0.2, 0.25) is 0 Å². The van der Waals surface area contributed by atoms with Gasteiger partial charge in [-0.05, 0) is 39.2 Å². The number of aliphatic hydroxyl groups excluding tert-OH is 2. The highest BCUT2D eigenvalue weighted by Gasteiger charge is 2.18. The van der Waals surface area contributed by atoms with Crippen LogP contribution >= 0.6 is 15.9 Å². The molecule has 19 heavy (non-hydrogen) atoms. The lowest BCUT2D eigenvalue weighted by Gasteiger charge is -2.18. The van der Waals surface area contributed by atoms with Crippen LogP contribution in [0.5, 0.6) is 0 Å². The zero-order valence-corrected chi connectivity index (χ0v) is 11.7. The lowest BCUT2D eigenvalue weighted by Crippen LogP contribution is -2.20. The number of hydrogen-bond donors (Lipinski definition) is 2. The van der Waals surface area contributed by atoms with Crippen molar-refractivity contribution >= 4 is 15.9 Å². The molecule has 0 heterocycles. The fourth-order valence-corrected chi connectivity index (χ4v) is 2.32. The first kappa shape index (κ1) is 14.2. The van der Waals surface area contributed by atoms with Crippen molar-refractivity contribution in [1.29, 1.82) is 0 Å². The second-order valence-electron chi connectivity index (χ2n) is 4.38. The molecule has 0 radical (unpaired) electrons. The molecular weight excluding hydrogens is 311 g/mol. The summed E-state index contributed by atoms with van der Waals surface area (Å²) in [5.41, 5.74) is 1.42. The topological polar surface area (TPSA) is 40.5 Å². The average Bonchev–Trinajstić information content (AvgIpc) is 2.43. The molecule has 0 saturated carbocycles. The summed E-state index contributed by atoms with van der Waals surface area (Å²) in [5, 5.41) is 20.1. The molecule has 2 rings (SSSR count). The number of halogens is 2. The van der Waals surface area contributed by atoms with E-state index in [4.69, 9.17) is 0 Å². The van der Waals surface area contributed by atoms with Gasteiger partial charge in [-0.25, -0.2) is 4.39 Å². The van der Waals surface area contributed by atoms with Gasteiger partial charge in [-0.3, -0.25) is 0 Å². The third kappa shape index (κ3) is 3.62. The molecule has 0 aliphatic heterocycles. The minimum atomic E-state index is -0.954. The maximum Gasteiger partial charge on any atom is 0.137 e. The molecule has 0 aliphatic carbocycles. The van der Waals surface area contributed by atoms with Crippen LogP contribution in [0.15, 0.2) is 53.0 Å². The normalized spacial score (nSPS) is 14.1. The summed E-state index contributed by atoms with van der Waals surface area (Å²) >= 11 is 3.10. The molecule has 2 unspecified atom stereocenters. The Hall–Kier alpha value is -1.23. The van der Waals surface area contributed by atoms with Crippen molar-refractivity contribution in [3.63, 3.8) is 0 Å². The van der Waals surface area contributed by atoms with Gasteiger partial charge in [0.1, 0.15) is 11.9 Å². The summed E-state index contributed by atoms with van der Waals surface area (Å²) < 4.78 is 13.5. The maximum atomic E-state index is 13.1. The summed E-state index contributed by atoms with van der Waals surface area (Å²) in [6.45, 7) is 0. The van der Waals surface area contributed by atoms with Gasteiger partial charge in [0.2, 0.25) is 0 Å². The third-order valence-electron chi connectivity index (χ3n) is 2.93. The Balaban J connectivity index is 2.08. The molecule has 0 fully saturated rings. The molecule has 2 N–H and O–H groups in total. The third-order valence-corrected chi connectivity index (χ3v) is 3.54.